The molecule has 0 aliphatic rings. The Balaban J connectivity index is 3.46. The van der Waals surface area contributed by atoms with Crippen molar-refractivity contribution in [2.45, 2.75) is 20.3 Å². The molecule has 0 aliphatic carbocycles. The van der Waals surface area contributed by atoms with Crippen LogP contribution in [0.1, 0.15) is 45.7 Å². The van der Waals surface area contributed by atoms with E-state index in [4.69, 9.17) is 10.00 Å². The van der Waals surface area contributed by atoms with Gasteiger partial charge in [-0.3, -0.25) is 4.79 Å². The quantitative estimate of drug-likeness (QED) is 0.588. The van der Waals surface area contributed by atoms with Crippen molar-refractivity contribution in [2.75, 3.05) is 6.61 Å². The number of nitriles is 1. The van der Waals surface area contributed by atoms with Gasteiger partial charge in [-0.15, -0.1) is 0 Å². The smallest absolute Gasteiger partial charge is 0.339 e. The number of rotatable bonds is 4. The normalized spacial score (nSPS) is 9.47. The van der Waals surface area contributed by atoms with Crippen LogP contribution in [0.3, 0.4) is 0 Å². The zero-order chi connectivity index (χ0) is 12.8. The van der Waals surface area contributed by atoms with E-state index in [9.17, 15) is 9.59 Å². The van der Waals surface area contributed by atoms with E-state index in [1.54, 1.807) is 19.1 Å². The molecular weight excluding hydrogens is 218 g/mol. The molecule has 0 fully saturated rings. The molecule has 0 unspecified atom stereocenters. The molecule has 4 nitrogen and oxygen atoms in total. The highest BCUT2D eigenvalue weighted by Crippen LogP contribution is 2.19. The molecule has 0 amide bonds. The van der Waals surface area contributed by atoms with Crippen molar-refractivity contribution in [3.8, 4) is 6.07 Å². The molecule has 0 aromatic heterocycles. The zero-order valence-corrected chi connectivity index (χ0v) is 9.82. The minimum absolute atomic E-state index is 0.116. The predicted molar refractivity (Wildman–Crippen MR) is 61.9 cm³/mol. The zero-order valence-electron chi connectivity index (χ0n) is 9.82. The number of aryl methyl sites for hydroxylation is 1. The Morgan fingerprint density at radius 2 is 2.18 bits per heavy atom. The molecule has 0 bridgehead atoms. The van der Waals surface area contributed by atoms with Crippen LogP contribution in [-0.2, 0) is 11.2 Å². The maximum absolute atomic E-state index is 11.8. The third-order valence-electron chi connectivity index (χ3n) is 2.43. The van der Waals surface area contributed by atoms with Gasteiger partial charge in [0.2, 0.25) is 0 Å². The number of carbonyl (C=O) groups is 2. The fourth-order valence-corrected chi connectivity index (χ4v) is 1.62. The lowest BCUT2D eigenvalue weighted by atomic mass is 9.96. The van der Waals surface area contributed by atoms with Gasteiger partial charge in [-0.25, -0.2) is 4.79 Å². The summed E-state index contributed by atoms with van der Waals surface area (Å²) in [4.78, 5) is 22.8. The van der Waals surface area contributed by atoms with Gasteiger partial charge in [0.15, 0.2) is 6.29 Å². The second kappa shape index (κ2) is 5.80. The number of benzene rings is 1. The Hall–Kier alpha value is -2.15. The van der Waals surface area contributed by atoms with Crippen LogP contribution in [0.4, 0.5) is 0 Å². The molecule has 0 heterocycles. The molecule has 0 saturated heterocycles. The van der Waals surface area contributed by atoms with Crippen molar-refractivity contribution in [1.82, 2.24) is 0 Å². The first-order valence-corrected chi connectivity index (χ1v) is 5.37. The average Bonchev–Trinajstić information content (AvgIpc) is 2.36. The van der Waals surface area contributed by atoms with Crippen molar-refractivity contribution < 1.29 is 14.3 Å². The lowest BCUT2D eigenvalue weighted by Gasteiger charge is -2.10. The molecular formula is C13H13NO3. The maximum atomic E-state index is 11.8. The Kier molecular flexibility index (Phi) is 4.41. The summed E-state index contributed by atoms with van der Waals surface area (Å²) >= 11 is 0. The summed E-state index contributed by atoms with van der Waals surface area (Å²) in [5.41, 5.74) is 1.23. The third-order valence-corrected chi connectivity index (χ3v) is 2.43. The van der Waals surface area contributed by atoms with E-state index < -0.39 is 5.97 Å². The summed E-state index contributed by atoms with van der Waals surface area (Å²) in [6.45, 7) is 3.80. The van der Waals surface area contributed by atoms with Crippen molar-refractivity contribution in [1.29, 1.82) is 5.26 Å². The minimum atomic E-state index is -0.552. The SMILES string of the molecule is CCOC(=O)c1c(CC)ccc(C#N)c1C=O. The molecule has 1 aromatic carbocycles. The van der Waals surface area contributed by atoms with Gasteiger partial charge in [0.25, 0.3) is 0 Å². The highest BCUT2D eigenvalue weighted by atomic mass is 16.5. The van der Waals surface area contributed by atoms with Gasteiger partial charge >= 0.3 is 5.97 Å². The van der Waals surface area contributed by atoms with E-state index in [0.717, 1.165) is 0 Å². The molecule has 0 aliphatic heterocycles. The third kappa shape index (κ3) is 2.51. The van der Waals surface area contributed by atoms with Crippen LogP contribution >= 0.6 is 0 Å². The summed E-state index contributed by atoms with van der Waals surface area (Å²) in [6.07, 6.45) is 1.13. The fraction of sp³-hybridized carbons (Fsp3) is 0.308. The van der Waals surface area contributed by atoms with Crippen LogP contribution in [0.25, 0.3) is 0 Å². The van der Waals surface area contributed by atoms with Crippen LogP contribution in [-0.4, -0.2) is 18.9 Å². The lowest BCUT2D eigenvalue weighted by molar-refractivity contribution is 0.0523. The number of carbonyl (C=O) groups excluding carboxylic acids is 2. The predicted octanol–water partition coefficient (Wildman–Crippen LogP) is 2.11. The van der Waals surface area contributed by atoms with E-state index in [2.05, 4.69) is 0 Å². The highest BCUT2D eigenvalue weighted by molar-refractivity contribution is 6.01. The first-order valence-electron chi connectivity index (χ1n) is 5.37. The average molecular weight is 231 g/mol. The van der Waals surface area contributed by atoms with Crippen LogP contribution < -0.4 is 0 Å². The van der Waals surface area contributed by atoms with Gasteiger partial charge in [-0.05, 0) is 25.0 Å². The molecule has 0 N–H and O–H groups in total. The van der Waals surface area contributed by atoms with Gasteiger partial charge in [0, 0.05) is 5.56 Å². The Morgan fingerprint density at radius 1 is 1.47 bits per heavy atom. The standard InChI is InChI=1S/C13H13NO3/c1-3-9-5-6-10(7-14)11(8-15)12(9)13(16)17-4-2/h5-6,8H,3-4H2,1-2H3. The molecule has 0 saturated carbocycles. The van der Waals surface area contributed by atoms with E-state index >= 15 is 0 Å². The van der Waals surface area contributed by atoms with Crippen molar-refractivity contribution in [3.63, 3.8) is 0 Å². The maximum Gasteiger partial charge on any atom is 0.339 e. The van der Waals surface area contributed by atoms with Crippen LogP contribution in [0.2, 0.25) is 0 Å². The molecule has 0 spiro atoms. The number of nitrogens with zero attached hydrogens (tertiary/aromatic N) is 1. The molecule has 1 rings (SSSR count). The summed E-state index contributed by atoms with van der Waals surface area (Å²) in [6, 6.07) is 5.12. The van der Waals surface area contributed by atoms with E-state index in [0.29, 0.717) is 18.3 Å². The minimum Gasteiger partial charge on any atom is -0.462 e. The van der Waals surface area contributed by atoms with E-state index in [-0.39, 0.29) is 23.3 Å². The van der Waals surface area contributed by atoms with E-state index in [1.165, 1.54) is 0 Å². The molecule has 88 valence electrons. The number of ether oxygens (including phenoxy) is 1. The van der Waals surface area contributed by atoms with Crippen molar-refractivity contribution >= 4 is 12.3 Å². The summed E-state index contributed by atoms with van der Waals surface area (Å²) in [5, 5.41) is 8.89. The second-order valence-corrected chi connectivity index (χ2v) is 3.36. The Bertz CT molecular complexity index is 486. The summed E-state index contributed by atoms with van der Waals surface area (Å²) in [7, 11) is 0. The van der Waals surface area contributed by atoms with Crippen LogP contribution in [0.5, 0.6) is 0 Å². The Labute approximate surface area is 99.8 Å². The highest BCUT2D eigenvalue weighted by Gasteiger charge is 2.19. The van der Waals surface area contributed by atoms with Gasteiger partial charge in [0.1, 0.15) is 0 Å². The number of hydrogen-bond acceptors (Lipinski definition) is 4. The van der Waals surface area contributed by atoms with Crippen LogP contribution in [0.15, 0.2) is 12.1 Å². The second-order valence-electron chi connectivity index (χ2n) is 3.36. The van der Waals surface area contributed by atoms with Crippen molar-refractivity contribution in [2.24, 2.45) is 0 Å². The van der Waals surface area contributed by atoms with E-state index in [1.807, 2.05) is 13.0 Å². The molecule has 0 atom stereocenters. The molecule has 17 heavy (non-hydrogen) atoms. The molecule has 1 aromatic rings. The van der Waals surface area contributed by atoms with Gasteiger partial charge in [-0.2, -0.15) is 5.26 Å². The topological polar surface area (TPSA) is 67.2 Å². The summed E-state index contributed by atoms with van der Waals surface area (Å²) in [5.74, 6) is -0.552. The molecule has 0 radical (unpaired) electrons. The Morgan fingerprint density at radius 3 is 2.65 bits per heavy atom. The van der Waals surface area contributed by atoms with Gasteiger partial charge in [-0.1, -0.05) is 13.0 Å². The number of aldehydes is 1. The number of esters is 1. The number of hydrogen-bond donors (Lipinski definition) is 0. The fourth-order valence-electron chi connectivity index (χ4n) is 1.62. The monoisotopic (exact) mass is 231 g/mol. The first-order chi connectivity index (χ1) is 8.19. The van der Waals surface area contributed by atoms with Crippen LogP contribution in [0, 0.1) is 11.3 Å². The molecule has 4 heteroatoms. The first kappa shape index (κ1) is 12.9. The summed E-state index contributed by atoms with van der Waals surface area (Å²) < 4.78 is 4.91. The lowest BCUT2D eigenvalue weighted by Crippen LogP contribution is -2.12. The largest absolute Gasteiger partial charge is 0.462 e. The van der Waals surface area contributed by atoms with Crippen molar-refractivity contribution in [3.05, 3.63) is 34.4 Å². The van der Waals surface area contributed by atoms with Gasteiger partial charge < -0.3 is 4.74 Å². The van der Waals surface area contributed by atoms with Gasteiger partial charge in [0.05, 0.1) is 23.8 Å².